The van der Waals surface area contributed by atoms with Gasteiger partial charge in [0.25, 0.3) is 0 Å². The van der Waals surface area contributed by atoms with Crippen molar-refractivity contribution in [1.29, 1.82) is 5.26 Å². The first-order valence-electron chi connectivity index (χ1n) is 6.30. The molecule has 0 atom stereocenters. The molecule has 3 nitrogen and oxygen atoms in total. The third kappa shape index (κ3) is 2.99. The molecule has 100 valence electrons. The average Bonchev–Trinajstić information content (AvgIpc) is 2.66. The molecule has 0 fully saturated rings. The molecule has 0 aliphatic heterocycles. The highest BCUT2D eigenvalue weighted by molar-refractivity contribution is 9.10. The summed E-state index contributed by atoms with van der Waals surface area (Å²) in [5.74, 6) is 0. The van der Waals surface area contributed by atoms with Gasteiger partial charge in [-0.1, -0.05) is 35.8 Å². The molecular formula is C15H18BrN3. The van der Waals surface area contributed by atoms with Crippen molar-refractivity contribution >= 4 is 26.8 Å². The van der Waals surface area contributed by atoms with Crippen LogP contribution in [0.1, 0.15) is 19.4 Å². The van der Waals surface area contributed by atoms with Gasteiger partial charge in [-0.05, 0) is 24.6 Å². The van der Waals surface area contributed by atoms with E-state index in [2.05, 4.69) is 51.8 Å². The zero-order valence-electron chi connectivity index (χ0n) is 11.5. The van der Waals surface area contributed by atoms with Crippen LogP contribution in [0.5, 0.6) is 0 Å². The van der Waals surface area contributed by atoms with E-state index >= 15 is 0 Å². The molecule has 0 bridgehead atoms. The van der Waals surface area contributed by atoms with Crippen LogP contribution >= 0.6 is 15.9 Å². The van der Waals surface area contributed by atoms with Crippen LogP contribution in [0.4, 0.5) is 0 Å². The van der Waals surface area contributed by atoms with Gasteiger partial charge in [0.15, 0.2) is 0 Å². The summed E-state index contributed by atoms with van der Waals surface area (Å²) >= 11 is 3.50. The second-order valence-electron chi connectivity index (χ2n) is 5.64. The fourth-order valence-corrected chi connectivity index (χ4v) is 2.83. The van der Waals surface area contributed by atoms with Crippen molar-refractivity contribution in [2.24, 2.45) is 5.41 Å². The minimum atomic E-state index is 0.135. The maximum Gasteiger partial charge on any atom is 0.101 e. The highest BCUT2D eigenvalue weighted by Crippen LogP contribution is 2.27. The summed E-state index contributed by atoms with van der Waals surface area (Å²) in [6.07, 6.45) is 1.95. The Labute approximate surface area is 122 Å². The van der Waals surface area contributed by atoms with Gasteiger partial charge in [0.1, 0.15) is 6.07 Å². The number of halogens is 1. The molecule has 19 heavy (non-hydrogen) atoms. The molecule has 1 N–H and O–H groups in total. The number of hydrogen-bond acceptors (Lipinski definition) is 2. The number of fused-ring (bicyclic) bond motifs is 1. The molecule has 0 amide bonds. The Kier molecular flexibility index (Phi) is 3.98. The second-order valence-corrected chi connectivity index (χ2v) is 6.55. The van der Waals surface area contributed by atoms with Gasteiger partial charge in [0.05, 0.1) is 11.1 Å². The van der Waals surface area contributed by atoms with Gasteiger partial charge in [0.2, 0.25) is 0 Å². The summed E-state index contributed by atoms with van der Waals surface area (Å²) in [5, 5.41) is 13.5. The first kappa shape index (κ1) is 14.1. The van der Waals surface area contributed by atoms with E-state index in [1.165, 1.54) is 0 Å². The number of aromatic nitrogens is 1. The summed E-state index contributed by atoms with van der Waals surface area (Å²) in [5.41, 5.74) is 1.98. The largest absolute Gasteiger partial charge is 0.345 e. The van der Waals surface area contributed by atoms with E-state index < -0.39 is 0 Å². The molecule has 4 heteroatoms. The number of rotatable bonds is 4. The highest BCUT2D eigenvalue weighted by Gasteiger charge is 2.19. The number of hydrogen-bond donors (Lipinski definition) is 1. The molecule has 0 saturated carbocycles. The van der Waals surface area contributed by atoms with Crippen molar-refractivity contribution in [3.05, 3.63) is 34.4 Å². The highest BCUT2D eigenvalue weighted by atomic mass is 79.9. The standard InChI is InChI=1S/C15H18BrN3/c1-15(2,9-18-3)10-19-8-11(7-17)13-5-4-12(16)6-14(13)19/h4-6,8,18H,9-10H2,1-3H3. The monoisotopic (exact) mass is 319 g/mol. The summed E-state index contributed by atoms with van der Waals surface area (Å²) in [6, 6.07) is 8.33. The second kappa shape index (κ2) is 5.36. The topological polar surface area (TPSA) is 40.8 Å². The molecule has 1 aromatic carbocycles. The number of benzene rings is 1. The third-order valence-electron chi connectivity index (χ3n) is 3.22. The number of nitriles is 1. The van der Waals surface area contributed by atoms with Crippen LogP contribution < -0.4 is 5.32 Å². The van der Waals surface area contributed by atoms with E-state index in [0.717, 1.165) is 34.0 Å². The van der Waals surface area contributed by atoms with Crippen LogP contribution in [0.3, 0.4) is 0 Å². The van der Waals surface area contributed by atoms with Gasteiger partial charge < -0.3 is 9.88 Å². The van der Waals surface area contributed by atoms with Gasteiger partial charge >= 0.3 is 0 Å². The Hall–Kier alpha value is -1.31. The zero-order valence-corrected chi connectivity index (χ0v) is 13.1. The van der Waals surface area contributed by atoms with E-state index in [1.807, 2.05) is 25.4 Å². The van der Waals surface area contributed by atoms with Gasteiger partial charge in [0, 0.05) is 29.1 Å². The van der Waals surface area contributed by atoms with Gasteiger partial charge in [-0.3, -0.25) is 0 Å². The van der Waals surface area contributed by atoms with E-state index in [9.17, 15) is 5.26 Å². The molecule has 0 aliphatic carbocycles. The van der Waals surface area contributed by atoms with Crippen LogP contribution in [-0.2, 0) is 6.54 Å². The molecule has 1 heterocycles. The minimum absolute atomic E-state index is 0.135. The molecule has 0 radical (unpaired) electrons. The number of nitrogens with one attached hydrogen (secondary N) is 1. The Morgan fingerprint density at radius 3 is 2.79 bits per heavy atom. The molecule has 0 unspecified atom stereocenters. The van der Waals surface area contributed by atoms with Crippen LogP contribution in [0.15, 0.2) is 28.9 Å². The normalized spacial score (nSPS) is 11.7. The third-order valence-corrected chi connectivity index (χ3v) is 3.71. The van der Waals surface area contributed by atoms with E-state index in [1.54, 1.807) is 0 Å². The lowest BCUT2D eigenvalue weighted by molar-refractivity contribution is 0.302. The van der Waals surface area contributed by atoms with Crippen LogP contribution in [0, 0.1) is 16.7 Å². The molecule has 2 aromatic rings. The van der Waals surface area contributed by atoms with Crippen molar-refractivity contribution in [3.8, 4) is 6.07 Å². The van der Waals surface area contributed by atoms with E-state index in [-0.39, 0.29) is 5.41 Å². The summed E-state index contributed by atoms with van der Waals surface area (Å²) < 4.78 is 3.21. The molecular weight excluding hydrogens is 302 g/mol. The maximum absolute atomic E-state index is 9.23. The lowest BCUT2D eigenvalue weighted by Crippen LogP contribution is -2.30. The van der Waals surface area contributed by atoms with E-state index in [4.69, 9.17) is 0 Å². The Morgan fingerprint density at radius 1 is 1.42 bits per heavy atom. The average molecular weight is 320 g/mol. The van der Waals surface area contributed by atoms with Crippen molar-refractivity contribution in [2.75, 3.05) is 13.6 Å². The SMILES string of the molecule is CNCC(C)(C)Cn1cc(C#N)c2ccc(Br)cc21. The lowest BCUT2D eigenvalue weighted by Gasteiger charge is -2.25. The maximum atomic E-state index is 9.23. The Bertz CT molecular complexity index is 635. The summed E-state index contributed by atoms with van der Waals surface area (Å²) in [7, 11) is 1.97. The Balaban J connectivity index is 2.49. The van der Waals surface area contributed by atoms with Crippen LogP contribution in [0.2, 0.25) is 0 Å². The lowest BCUT2D eigenvalue weighted by atomic mass is 9.93. The van der Waals surface area contributed by atoms with Crippen molar-refractivity contribution in [2.45, 2.75) is 20.4 Å². The van der Waals surface area contributed by atoms with E-state index in [0.29, 0.717) is 0 Å². The first-order valence-corrected chi connectivity index (χ1v) is 7.09. The van der Waals surface area contributed by atoms with Crippen molar-refractivity contribution in [3.63, 3.8) is 0 Å². The first-order chi connectivity index (χ1) is 8.96. The molecule has 0 saturated heterocycles. The summed E-state index contributed by atoms with van der Waals surface area (Å²) in [6.45, 7) is 6.25. The van der Waals surface area contributed by atoms with Crippen LogP contribution in [0.25, 0.3) is 10.9 Å². The molecule has 2 rings (SSSR count). The summed E-state index contributed by atoms with van der Waals surface area (Å²) in [4.78, 5) is 0. The molecule has 0 spiro atoms. The van der Waals surface area contributed by atoms with Crippen LogP contribution in [-0.4, -0.2) is 18.2 Å². The molecule has 0 aliphatic rings. The smallest absolute Gasteiger partial charge is 0.101 e. The fourth-order valence-electron chi connectivity index (χ4n) is 2.48. The van der Waals surface area contributed by atoms with Gasteiger partial charge in [-0.25, -0.2) is 0 Å². The van der Waals surface area contributed by atoms with Crippen molar-refractivity contribution in [1.82, 2.24) is 9.88 Å². The number of nitrogens with zero attached hydrogens (tertiary/aromatic N) is 2. The predicted molar refractivity (Wildman–Crippen MR) is 82.1 cm³/mol. The van der Waals surface area contributed by atoms with Gasteiger partial charge in [-0.2, -0.15) is 5.26 Å². The predicted octanol–water partition coefficient (Wildman–Crippen LogP) is 3.52. The van der Waals surface area contributed by atoms with Gasteiger partial charge in [-0.15, -0.1) is 0 Å². The fraction of sp³-hybridized carbons (Fsp3) is 0.400. The van der Waals surface area contributed by atoms with Crippen molar-refractivity contribution < 1.29 is 0 Å². The minimum Gasteiger partial charge on any atom is -0.345 e. The zero-order chi connectivity index (χ0) is 14.0. The molecule has 1 aromatic heterocycles. The quantitative estimate of drug-likeness (QED) is 0.936. The Morgan fingerprint density at radius 2 is 2.16 bits per heavy atom.